The first-order valence-electron chi connectivity index (χ1n) is 4.73. The zero-order valence-corrected chi connectivity index (χ0v) is 8.29. The quantitative estimate of drug-likeness (QED) is 0.629. The molecular formula is C9H18N2O2. The number of aliphatic hydroxyl groups is 1. The fourth-order valence-electron chi connectivity index (χ4n) is 1.56. The number of carbonyl (C=O) groups is 1. The van der Waals surface area contributed by atoms with Gasteiger partial charge in [0.05, 0.1) is 12.6 Å². The fraction of sp³-hybridized carbons (Fsp3) is 0.889. The van der Waals surface area contributed by atoms with E-state index in [0.29, 0.717) is 6.54 Å². The van der Waals surface area contributed by atoms with Crippen LogP contribution in [-0.2, 0) is 4.79 Å². The number of nitrogens with zero attached hydrogens (tertiary/aromatic N) is 1. The molecule has 1 rings (SSSR count). The van der Waals surface area contributed by atoms with Crippen LogP contribution < -0.4 is 5.32 Å². The van der Waals surface area contributed by atoms with Gasteiger partial charge in [0.15, 0.2) is 0 Å². The molecule has 0 aliphatic heterocycles. The summed E-state index contributed by atoms with van der Waals surface area (Å²) in [6.07, 6.45) is 2.61. The molecule has 13 heavy (non-hydrogen) atoms. The Balaban J connectivity index is 2.22. The molecule has 0 aromatic rings. The number of aliphatic hydroxyl groups excluding tert-OH is 1. The highest BCUT2D eigenvalue weighted by Crippen LogP contribution is 2.18. The van der Waals surface area contributed by atoms with Gasteiger partial charge in [-0.15, -0.1) is 0 Å². The van der Waals surface area contributed by atoms with Crippen molar-refractivity contribution in [1.82, 2.24) is 10.2 Å². The van der Waals surface area contributed by atoms with E-state index in [1.807, 2.05) is 0 Å². The molecule has 4 nitrogen and oxygen atoms in total. The summed E-state index contributed by atoms with van der Waals surface area (Å²) in [7, 11) is 3.46. The third kappa shape index (κ3) is 2.97. The molecular weight excluding hydrogens is 168 g/mol. The predicted molar refractivity (Wildman–Crippen MR) is 50.3 cm³/mol. The minimum Gasteiger partial charge on any atom is -0.392 e. The van der Waals surface area contributed by atoms with E-state index in [1.165, 1.54) is 0 Å². The fourth-order valence-corrected chi connectivity index (χ4v) is 1.56. The van der Waals surface area contributed by atoms with Crippen molar-refractivity contribution in [3.8, 4) is 0 Å². The van der Waals surface area contributed by atoms with Crippen LogP contribution in [0.1, 0.15) is 19.3 Å². The molecule has 0 aromatic carbocycles. The lowest BCUT2D eigenvalue weighted by atomic mass is 10.2. The maximum absolute atomic E-state index is 11.2. The Labute approximate surface area is 78.9 Å². The van der Waals surface area contributed by atoms with Gasteiger partial charge in [0.25, 0.3) is 0 Å². The lowest BCUT2D eigenvalue weighted by Crippen LogP contribution is -2.42. The zero-order valence-electron chi connectivity index (χ0n) is 8.29. The molecule has 1 aliphatic carbocycles. The molecule has 0 saturated heterocycles. The molecule has 0 heterocycles. The van der Waals surface area contributed by atoms with E-state index in [9.17, 15) is 9.90 Å². The molecule has 1 saturated carbocycles. The van der Waals surface area contributed by atoms with Crippen LogP contribution in [0.25, 0.3) is 0 Å². The second kappa shape index (κ2) is 4.58. The van der Waals surface area contributed by atoms with Crippen molar-refractivity contribution in [2.45, 2.75) is 31.4 Å². The lowest BCUT2D eigenvalue weighted by molar-refractivity contribution is -0.127. The van der Waals surface area contributed by atoms with Crippen LogP contribution >= 0.6 is 0 Å². The third-order valence-electron chi connectivity index (χ3n) is 2.49. The minimum atomic E-state index is -0.269. The topological polar surface area (TPSA) is 52.6 Å². The van der Waals surface area contributed by atoms with Crippen LogP contribution in [0.3, 0.4) is 0 Å². The zero-order chi connectivity index (χ0) is 9.84. The maximum atomic E-state index is 11.2. The van der Waals surface area contributed by atoms with Crippen LogP contribution in [-0.4, -0.2) is 48.7 Å². The number of rotatable bonds is 3. The molecule has 76 valence electrons. The van der Waals surface area contributed by atoms with Crippen LogP contribution in [0.15, 0.2) is 0 Å². The van der Waals surface area contributed by atoms with Gasteiger partial charge in [-0.05, 0) is 19.3 Å². The first kappa shape index (κ1) is 10.5. The van der Waals surface area contributed by atoms with E-state index in [-0.39, 0.29) is 18.1 Å². The molecule has 2 atom stereocenters. The Hall–Kier alpha value is -0.610. The molecule has 2 N–H and O–H groups in total. The standard InChI is InChI=1S/C9H18N2O2/c1-11(2)9(13)6-10-7-4-3-5-8(7)12/h7-8,10,12H,3-6H2,1-2H3/t7-,8-/m0/s1. The smallest absolute Gasteiger partial charge is 0.236 e. The average Bonchev–Trinajstić information content (AvgIpc) is 2.47. The first-order valence-corrected chi connectivity index (χ1v) is 4.73. The van der Waals surface area contributed by atoms with Crippen molar-refractivity contribution in [3.63, 3.8) is 0 Å². The van der Waals surface area contributed by atoms with Gasteiger partial charge in [0.1, 0.15) is 0 Å². The van der Waals surface area contributed by atoms with Gasteiger partial charge in [-0.3, -0.25) is 4.79 Å². The van der Waals surface area contributed by atoms with Crippen LogP contribution in [0.4, 0.5) is 0 Å². The Morgan fingerprint density at radius 3 is 2.69 bits per heavy atom. The van der Waals surface area contributed by atoms with Crippen molar-refractivity contribution < 1.29 is 9.90 Å². The number of amides is 1. The molecule has 1 fully saturated rings. The number of hydrogen-bond acceptors (Lipinski definition) is 3. The largest absolute Gasteiger partial charge is 0.392 e. The number of likely N-dealkylation sites (N-methyl/N-ethyl adjacent to an activating group) is 1. The van der Waals surface area contributed by atoms with E-state index >= 15 is 0 Å². The summed E-state index contributed by atoms with van der Waals surface area (Å²) in [5, 5.41) is 12.5. The Morgan fingerprint density at radius 1 is 1.54 bits per heavy atom. The van der Waals surface area contributed by atoms with Gasteiger partial charge in [-0.2, -0.15) is 0 Å². The SMILES string of the molecule is CN(C)C(=O)CN[C@H]1CCC[C@@H]1O. The number of hydrogen-bond donors (Lipinski definition) is 2. The van der Waals surface area contributed by atoms with Gasteiger partial charge >= 0.3 is 0 Å². The van der Waals surface area contributed by atoms with E-state index in [2.05, 4.69) is 5.32 Å². The molecule has 1 aliphatic rings. The second-order valence-electron chi connectivity index (χ2n) is 3.77. The van der Waals surface area contributed by atoms with Crippen LogP contribution in [0.5, 0.6) is 0 Å². The van der Waals surface area contributed by atoms with Crippen molar-refractivity contribution in [2.24, 2.45) is 0 Å². The highest BCUT2D eigenvalue weighted by Gasteiger charge is 2.24. The molecule has 4 heteroatoms. The summed E-state index contributed by atoms with van der Waals surface area (Å²) in [6, 6.07) is 0.115. The Morgan fingerprint density at radius 2 is 2.23 bits per heavy atom. The van der Waals surface area contributed by atoms with Crippen molar-refractivity contribution >= 4 is 5.91 Å². The summed E-state index contributed by atoms with van der Waals surface area (Å²) in [6.45, 7) is 0.328. The van der Waals surface area contributed by atoms with Gasteiger partial charge in [0.2, 0.25) is 5.91 Å². The normalized spacial score (nSPS) is 27.6. The van der Waals surface area contributed by atoms with Crippen molar-refractivity contribution in [3.05, 3.63) is 0 Å². The number of nitrogens with one attached hydrogen (secondary N) is 1. The molecule has 0 radical (unpaired) electrons. The summed E-state index contributed by atoms with van der Waals surface area (Å²) in [5.41, 5.74) is 0. The van der Waals surface area contributed by atoms with E-state index in [1.54, 1.807) is 19.0 Å². The minimum absolute atomic E-state index is 0.0547. The number of carbonyl (C=O) groups excluding carboxylic acids is 1. The third-order valence-corrected chi connectivity index (χ3v) is 2.49. The van der Waals surface area contributed by atoms with Crippen LogP contribution in [0, 0.1) is 0 Å². The highest BCUT2D eigenvalue weighted by atomic mass is 16.3. The predicted octanol–water partition coefficient (Wildman–Crippen LogP) is -0.422. The van der Waals surface area contributed by atoms with Gasteiger partial charge in [-0.25, -0.2) is 0 Å². The maximum Gasteiger partial charge on any atom is 0.236 e. The average molecular weight is 186 g/mol. The Kier molecular flexibility index (Phi) is 3.69. The molecule has 1 amide bonds. The summed E-state index contributed by atoms with van der Waals surface area (Å²) in [5.74, 6) is 0.0547. The van der Waals surface area contributed by atoms with E-state index in [0.717, 1.165) is 19.3 Å². The van der Waals surface area contributed by atoms with Gasteiger partial charge < -0.3 is 15.3 Å². The molecule has 0 bridgehead atoms. The first-order chi connectivity index (χ1) is 6.11. The molecule has 0 spiro atoms. The van der Waals surface area contributed by atoms with Gasteiger partial charge in [-0.1, -0.05) is 0 Å². The van der Waals surface area contributed by atoms with E-state index < -0.39 is 0 Å². The summed E-state index contributed by atoms with van der Waals surface area (Å²) in [4.78, 5) is 12.7. The summed E-state index contributed by atoms with van der Waals surface area (Å²) >= 11 is 0. The summed E-state index contributed by atoms with van der Waals surface area (Å²) < 4.78 is 0. The van der Waals surface area contributed by atoms with Crippen molar-refractivity contribution in [1.29, 1.82) is 0 Å². The second-order valence-corrected chi connectivity index (χ2v) is 3.77. The molecule has 0 unspecified atom stereocenters. The van der Waals surface area contributed by atoms with Crippen LogP contribution in [0.2, 0.25) is 0 Å². The lowest BCUT2D eigenvalue weighted by Gasteiger charge is -2.17. The molecule has 0 aromatic heterocycles. The van der Waals surface area contributed by atoms with Gasteiger partial charge in [0, 0.05) is 20.1 Å². The highest BCUT2D eigenvalue weighted by molar-refractivity contribution is 5.77. The van der Waals surface area contributed by atoms with Crippen molar-refractivity contribution in [2.75, 3.05) is 20.6 Å². The van der Waals surface area contributed by atoms with E-state index in [4.69, 9.17) is 0 Å². The Bertz CT molecular complexity index is 182. The monoisotopic (exact) mass is 186 g/mol.